The minimum atomic E-state index is -3.67. The van der Waals surface area contributed by atoms with E-state index >= 15 is 0 Å². The van der Waals surface area contributed by atoms with Crippen molar-refractivity contribution in [2.75, 3.05) is 42.2 Å². The molecule has 0 radical (unpaired) electrons. The quantitative estimate of drug-likeness (QED) is 0.0453. The van der Waals surface area contributed by atoms with Gasteiger partial charge in [-0.05, 0) is 88.4 Å². The number of nitrogens with zero attached hydrogens (tertiary/aromatic N) is 2. The number of phenols is 4. The SMILES string of the molecule is CCN(CC)c1ccc(C(=O)c2ccccc2C(=O)O)c(O)c1.CCN(CC)c1ccc2c(c1)Oc1cc(O)ccc1C21OC(=O)c2ccccc21.CS(=O)(=O)O.Oc1cccc(O)c1. The standard InChI is InChI=1S/C24H21NO4.C18H19NO4.C6H6O2.CH4O3S/c1-3-25(4-2)15-9-11-19-21(13-15)28-22-14-16(26)10-12-20(22)24(19)18-8-6-5-7-17(18)23(27)29-24;1-3-19(4-2)12-9-10-15(16(20)11-12)17(21)13-7-5-6-8-14(13)18(22)23;7-5-2-1-3-6(8)4-5;1-5(2,3)4/h5-14,26H,3-4H2,1-2H3;5-11,20H,3-4H2,1-2H3,(H,22,23);1-4,7-8H;1H3,(H,2,3,4). The highest BCUT2D eigenvalue weighted by molar-refractivity contribution is 7.85. The van der Waals surface area contributed by atoms with E-state index < -0.39 is 27.5 Å². The number of esters is 1. The van der Waals surface area contributed by atoms with Gasteiger partial charge in [0.1, 0.15) is 34.5 Å². The summed E-state index contributed by atoms with van der Waals surface area (Å²) in [6, 6.07) is 35.0. The van der Waals surface area contributed by atoms with Crippen LogP contribution in [-0.2, 0) is 20.5 Å². The van der Waals surface area contributed by atoms with Crippen LogP contribution in [0, 0.1) is 0 Å². The van der Waals surface area contributed by atoms with E-state index in [1.54, 1.807) is 48.5 Å². The van der Waals surface area contributed by atoms with Gasteiger partial charge in [-0.15, -0.1) is 0 Å². The van der Waals surface area contributed by atoms with Crippen molar-refractivity contribution < 1.29 is 62.4 Å². The van der Waals surface area contributed by atoms with Gasteiger partial charge in [-0.3, -0.25) is 9.35 Å². The first-order valence-electron chi connectivity index (χ1n) is 20.5. The number of ether oxygens (including phenoxy) is 2. The maximum Gasteiger partial charge on any atom is 0.340 e. The van der Waals surface area contributed by atoms with Crippen LogP contribution >= 0.6 is 0 Å². The van der Waals surface area contributed by atoms with Crippen molar-refractivity contribution in [1.29, 1.82) is 0 Å². The van der Waals surface area contributed by atoms with Crippen LogP contribution in [0.3, 0.4) is 0 Å². The van der Waals surface area contributed by atoms with Crippen LogP contribution in [0.25, 0.3) is 0 Å². The van der Waals surface area contributed by atoms with Crippen molar-refractivity contribution in [2.45, 2.75) is 33.3 Å². The lowest BCUT2D eigenvalue weighted by molar-refractivity contribution is 0.0224. The Kier molecular flexibility index (Phi) is 15.5. The maximum absolute atomic E-state index is 12.8. The topological polar surface area (TPSA) is 232 Å². The molecule has 1 spiro atoms. The molecule has 65 heavy (non-hydrogen) atoms. The average Bonchev–Trinajstić information content (AvgIpc) is 3.55. The number of aromatic hydroxyl groups is 4. The first-order chi connectivity index (χ1) is 30.9. The molecule has 6 N–H and O–H groups in total. The van der Waals surface area contributed by atoms with E-state index in [1.165, 1.54) is 42.5 Å². The highest BCUT2D eigenvalue weighted by atomic mass is 32.2. The molecule has 0 amide bonds. The number of ketones is 1. The molecule has 6 aromatic carbocycles. The molecule has 16 heteroatoms. The molecule has 2 aliphatic heterocycles. The number of carboxylic acid groups (broad SMARTS) is 1. The van der Waals surface area contributed by atoms with Crippen molar-refractivity contribution in [2.24, 2.45) is 0 Å². The fraction of sp³-hybridized carbons (Fsp3) is 0.204. The predicted molar refractivity (Wildman–Crippen MR) is 246 cm³/mol. The van der Waals surface area contributed by atoms with E-state index in [0.29, 0.717) is 28.9 Å². The molecular formula is C49H50N2O13S. The Balaban J connectivity index is 0.000000195. The highest BCUT2D eigenvalue weighted by Gasteiger charge is 2.53. The summed E-state index contributed by atoms with van der Waals surface area (Å²) in [4.78, 5) is 40.9. The first-order valence-corrected chi connectivity index (χ1v) is 22.3. The molecule has 6 aromatic rings. The van der Waals surface area contributed by atoms with E-state index in [1.807, 2.05) is 55.1 Å². The number of benzene rings is 6. The smallest absolute Gasteiger partial charge is 0.340 e. The summed E-state index contributed by atoms with van der Waals surface area (Å²) in [5.41, 5.74) is 3.66. The first kappa shape index (κ1) is 48.5. The van der Waals surface area contributed by atoms with Crippen LogP contribution < -0.4 is 14.5 Å². The summed E-state index contributed by atoms with van der Waals surface area (Å²) in [6.07, 6.45) is 0.715. The van der Waals surface area contributed by atoms with Gasteiger partial charge in [-0.25, -0.2) is 9.59 Å². The second-order valence-corrected chi connectivity index (χ2v) is 16.0. The monoisotopic (exact) mass is 906 g/mol. The highest BCUT2D eigenvalue weighted by Crippen LogP contribution is 2.57. The van der Waals surface area contributed by atoms with Crippen LogP contribution in [-0.4, -0.2) is 88.7 Å². The normalized spacial score (nSPS) is 13.9. The van der Waals surface area contributed by atoms with E-state index in [4.69, 9.17) is 24.2 Å². The Bertz CT molecular complexity index is 2780. The van der Waals surface area contributed by atoms with Gasteiger partial charge >= 0.3 is 11.9 Å². The van der Waals surface area contributed by atoms with Crippen LogP contribution in [0.4, 0.5) is 11.4 Å². The van der Waals surface area contributed by atoms with Gasteiger partial charge in [0.2, 0.25) is 0 Å². The molecule has 0 aromatic heterocycles. The zero-order chi connectivity index (χ0) is 47.6. The molecule has 1 unspecified atom stereocenters. The fourth-order valence-electron chi connectivity index (χ4n) is 7.44. The largest absolute Gasteiger partial charge is 0.508 e. The summed E-state index contributed by atoms with van der Waals surface area (Å²) in [5, 5.41) is 46.7. The Morgan fingerprint density at radius 3 is 1.62 bits per heavy atom. The Morgan fingerprint density at radius 2 is 1.08 bits per heavy atom. The summed E-state index contributed by atoms with van der Waals surface area (Å²) in [6.45, 7) is 11.5. The van der Waals surface area contributed by atoms with Crippen LogP contribution in [0.1, 0.15) is 81.0 Å². The van der Waals surface area contributed by atoms with Crippen LogP contribution in [0.2, 0.25) is 0 Å². The molecule has 0 saturated carbocycles. The number of anilines is 2. The van der Waals surface area contributed by atoms with Crippen molar-refractivity contribution in [3.8, 4) is 34.5 Å². The van der Waals surface area contributed by atoms with E-state index in [-0.39, 0.29) is 45.7 Å². The number of aromatic carboxylic acids is 1. The molecule has 8 rings (SSSR count). The molecule has 1 atom stereocenters. The Hall–Kier alpha value is -7.56. The van der Waals surface area contributed by atoms with E-state index in [9.17, 15) is 38.1 Å². The van der Waals surface area contributed by atoms with Gasteiger partial charge in [0.15, 0.2) is 11.4 Å². The minimum absolute atomic E-state index is 0.0610. The molecule has 0 fully saturated rings. The number of rotatable bonds is 9. The Labute approximate surface area is 376 Å². The second-order valence-electron chi connectivity index (χ2n) is 14.6. The number of carbonyl (C=O) groups is 3. The van der Waals surface area contributed by atoms with Crippen LogP contribution in [0.15, 0.2) is 127 Å². The zero-order valence-electron chi connectivity index (χ0n) is 36.3. The predicted octanol–water partition coefficient (Wildman–Crippen LogP) is 8.58. The number of carbonyl (C=O) groups excluding carboxylic acids is 2. The molecule has 0 saturated heterocycles. The van der Waals surface area contributed by atoms with Gasteiger partial charge < -0.3 is 44.8 Å². The molecular weight excluding hydrogens is 857 g/mol. The van der Waals surface area contributed by atoms with E-state index in [2.05, 4.69) is 18.7 Å². The summed E-state index contributed by atoms with van der Waals surface area (Å²) < 4.78 is 38.2. The summed E-state index contributed by atoms with van der Waals surface area (Å²) in [5.74, 6) is -0.815. The molecule has 2 aliphatic rings. The molecule has 0 bridgehead atoms. The van der Waals surface area contributed by atoms with Crippen molar-refractivity contribution in [1.82, 2.24) is 0 Å². The second kappa shape index (κ2) is 20.7. The maximum atomic E-state index is 12.8. The third kappa shape index (κ3) is 11.2. The van der Waals surface area contributed by atoms with Crippen LogP contribution in [0.5, 0.6) is 34.5 Å². The summed E-state index contributed by atoms with van der Waals surface area (Å²) in [7, 11) is -3.67. The van der Waals surface area contributed by atoms with E-state index in [0.717, 1.165) is 48.7 Å². The Morgan fingerprint density at radius 1 is 0.585 bits per heavy atom. The third-order valence-corrected chi connectivity index (χ3v) is 10.4. The minimum Gasteiger partial charge on any atom is -0.508 e. The number of fused-ring (bicyclic) bond motifs is 6. The number of carboxylic acids is 1. The number of phenolic OH excluding ortho intramolecular Hbond substituents is 4. The van der Waals surface area contributed by atoms with Gasteiger partial charge in [0.25, 0.3) is 10.1 Å². The lowest BCUT2D eigenvalue weighted by Crippen LogP contribution is -2.33. The number of hydrogen-bond donors (Lipinski definition) is 6. The zero-order valence-corrected chi connectivity index (χ0v) is 37.1. The molecule has 15 nitrogen and oxygen atoms in total. The van der Waals surface area contributed by atoms with Crippen molar-refractivity contribution in [3.05, 3.63) is 166 Å². The lowest BCUT2D eigenvalue weighted by atomic mass is 9.77. The van der Waals surface area contributed by atoms with Gasteiger partial charge in [-0.2, -0.15) is 8.42 Å². The fourth-order valence-corrected chi connectivity index (χ4v) is 7.44. The van der Waals surface area contributed by atoms with Crippen molar-refractivity contribution >= 4 is 39.2 Å². The van der Waals surface area contributed by atoms with Crippen molar-refractivity contribution in [3.63, 3.8) is 0 Å². The average molecular weight is 907 g/mol. The lowest BCUT2D eigenvalue weighted by Gasteiger charge is -2.37. The third-order valence-electron chi connectivity index (χ3n) is 10.4. The molecule has 2 heterocycles. The van der Waals surface area contributed by atoms with Gasteiger partial charge in [0.05, 0.1) is 22.9 Å². The number of hydrogen-bond acceptors (Lipinski definition) is 13. The molecule has 340 valence electrons. The van der Waals surface area contributed by atoms with Gasteiger partial charge in [-0.1, -0.05) is 42.5 Å². The van der Waals surface area contributed by atoms with Gasteiger partial charge in [0, 0.05) is 84.1 Å². The molecule has 0 aliphatic carbocycles. The summed E-state index contributed by atoms with van der Waals surface area (Å²) >= 11 is 0.